The Kier molecular flexibility index (Phi) is 6.46. The van der Waals surface area contributed by atoms with Gasteiger partial charge >= 0.3 is 12.0 Å². The summed E-state index contributed by atoms with van der Waals surface area (Å²) in [7, 11) is 0. The van der Waals surface area contributed by atoms with Crippen molar-refractivity contribution >= 4 is 40.9 Å². The maximum Gasteiger partial charge on any atom is 0.338 e. The van der Waals surface area contributed by atoms with E-state index in [0.29, 0.717) is 34.4 Å². The Labute approximate surface area is 149 Å². The minimum Gasteiger partial charge on any atom is -0.462 e. The summed E-state index contributed by atoms with van der Waals surface area (Å²) in [6.45, 7) is 2.37. The van der Waals surface area contributed by atoms with Gasteiger partial charge in [-0.1, -0.05) is 29.3 Å². The van der Waals surface area contributed by atoms with E-state index in [4.69, 9.17) is 27.9 Å². The number of carbonyl (C=O) groups is 2. The van der Waals surface area contributed by atoms with Crippen LogP contribution in [0.5, 0.6) is 0 Å². The number of nitrogens with one attached hydrogen (secondary N) is 2. The molecule has 7 heteroatoms. The molecule has 0 aliphatic rings. The molecule has 0 bridgehead atoms. The second-order valence-corrected chi connectivity index (χ2v) is 5.67. The molecule has 0 heterocycles. The Morgan fingerprint density at radius 2 is 1.75 bits per heavy atom. The number of rotatable bonds is 5. The molecular formula is C17H16Cl2N2O3. The van der Waals surface area contributed by atoms with Crippen LogP contribution in [-0.4, -0.2) is 18.6 Å². The number of hydrogen-bond donors (Lipinski definition) is 2. The molecule has 5 nitrogen and oxygen atoms in total. The van der Waals surface area contributed by atoms with E-state index < -0.39 is 5.97 Å². The number of ether oxygens (including phenoxy) is 1. The molecule has 0 fully saturated rings. The van der Waals surface area contributed by atoms with Crippen molar-refractivity contribution in [1.29, 1.82) is 0 Å². The van der Waals surface area contributed by atoms with E-state index in [-0.39, 0.29) is 6.03 Å². The zero-order valence-corrected chi connectivity index (χ0v) is 14.4. The quantitative estimate of drug-likeness (QED) is 0.765. The maximum atomic E-state index is 11.9. The molecule has 0 saturated heterocycles. The maximum absolute atomic E-state index is 11.9. The van der Waals surface area contributed by atoms with Crippen molar-refractivity contribution in [2.75, 3.05) is 11.9 Å². The van der Waals surface area contributed by atoms with Gasteiger partial charge in [-0.05, 0) is 48.9 Å². The van der Waals surface area contributed by atoms with Gasteiger partial charge in [0, 0.05) is 12.2 Å². The molecule has 0 radical (unpaired) electrons. The van der Waals surface area contributed by atoms with Crippen molar-refractivity contribution in [1.82, 2.24) is 5.32 Å². The van der Waals surface area contributed by atoms with Crippen LogP contribution in [0.2, 0.25) is 10.0 Å². The SMILES string of the molecule is CCOC(=O)c1ccc(NC(=O)NCc2ccc(Cl)c(Cl)c2)cc1. The molecule has 2 amide bonds. The summed E-state index contributed by atoms with van der Waals surface area (Å²) in [6.07, 6.45) is 0. The highest BCUT2D eigenvalue weighted by molar-refractivity contribution is 6.42. The van der Waals surface area contributed by atoms with Gasteiger partial charge in [-0.25, -0.2) is 9.59 Å². The van der Waals surface area contributed by atoms with E-state index in [9.17, 15) is 9.59 Å². The van der Waals surface area contributed by atoms with Gasteiger partial charge in [0.25, 0.3) is 0 Å². The van der Waals surface area contributed by atoms with E-state index in [1.54, 1.807) is 49.4 Å². The average Bonchev–Trinajstić information content (AvgIpc) is 2.57. The van der Waals surface area contributed by atoms with Gasteiger partial charge < -0.3 is 15.4 Å². The minimum atomic E-state index is -0.395. The number of amides is 2. The van der Waals surface area contributed by atoms with Crippen LogP contribution in [0.15, 0.2) is 42.5 Å². The van der Waals surface area contributed by atoms with Gasteiger partial charge in [0.2, 0.25) is 0 Å². The van der Waals surface area contributed by atoms with Crippen molar-refractivity contribution < 1.29 is 14.3 Å². The van der Waals surface area contributed by atoms with Gasteiger partial charge in [-0.2, -0.15) is 0 Å². The Hall–Kier alpha value is -2.24. The first-order valence-corrected chi connectivity index (χ1v) is 8.01. The fourth-order valence-electron chi connectivity index (χ4n) is 1.91. The Morgan fingerprint density at radius 1 is 1.04 bits per heavy atom. The van der Waals surface area contributed by atoms with E-state index in [0.717, 1.165) is 5.56 Å². The summed E-state index contributed by atoms with van der Waals surface area (Å²) < 4.78 is 4.90. The fourth-order valence-corrected chi connectivity index (χ4v) is 2.23. The number of halogens is 2. The Balaban J connectivity index is 1.87. The third-order valence-corrected chi connectivity index (χ3v) is 3.83. The standard InChI is InChI=1S/C17H16Cl2N2O3/c1-2-24-16(22)12-4-6-13(7-5-12)21-17(23)20-10-11-3-8-14(18)15(19)9-11/h3-9H,2,10H2,1H3,(H2,20,21,23). The first-order chi connectivity index (χ1) is 11.5. The van der Waals surface area contributed by atoms with Crippen LogP contribution >= 0.6 is 23.2 Å². The van der Waals surface area contributed by atoms with E-state index in [1.807, 2.05) is 0 Å². The van der Waals surface area contributed by atoms with Gasteiger partial charge in [0.15, 0.2) is 0 Å². The van der Waals surface area contributed by atoms with Crippen LogP contribution in [0.3, 0.4) is 0 Å². The lowest BCUT2D eigenvalue weighted by atomic mass is 10.2. The lowest BCUT2D eigenvalue weighted by Gasteiger charge is -2.09. The number of benzene rings is 2. The van der Waals surface area contributed by atoms with Crippen molar-refractivity contribution in [3.05, 3.63) is 63.6 Å². The van der Waals surface area contributed by atoms with Crippen molar-refractivity contribution in [2.45, 2.75) is 13.5 Å². The second-order valence-electron chi connectivity index (χ2n) is 4.85. The summed E-state index contributed by atoms with van der Waals surface area (Å²) in [4.78, 5) is 23.4. The van der Waals surface area contributed by atoms with E-state index in [2.05, 4.69) is 10.6 Å². The molecule has 126 valence electrons. The molecule has 0 spiro atoms. The molecule has 0 aromatic heterocycles. The summed E-state index contributed by atoms with van der Waals surface area (Å²) in [5.74, 6) is -0.395. The number of carbonyl (C=O) groups excluding carboxylic acids is 2. The second kappa shape index (κ2) is 8.57. The van der Waals surface area contributed by atoms with Crippen LogP contribution < -0.4 is 10.6 Å². The van der Waals surface area contributed by atoms with Crippen molar-refractivity contribution in [3.8, 4) is 0 Å². The molecule has 0 saturated carbocycles. The Morgan fingerprint density at radius 3 is 2.38 bits per heavy atom. The largest absolute Gasteiger partial charge is 0.462 e. The summed E-state index contributed by atoms with van der Waals surface area (Å²) in [5, 5.41) is 6.28. The highest BCUT2D eigenvalue weighted by Gasteiger charge is 2.07. The fraction of sp³-hybridized carbons (Fsp3) is 0.176. The van der Waals surface area contributed by atoms with E-state index >= 15 is 0 Å². The molecule has 0 aliphatic carbocycles. The predicted octanol–water partition coefficient (Wildman–Crippen LogP) is 4.49. The van der Waals surface area contributed by atoms with Crippen LogP contribution in [0.4, 0.5) is 10.5 Å². The van der Waals surface area contributed by atoms with Crippen LogP contribution in [0.25, 0.3) is 0 Å². The topological polar surface area (TPSA) is 67.4 Å². The van der Waals surface area contributed by atoms with Gasteiger partial charge in [0.05, 0.1) is 22.2 Å². The normalized spacial score (nSPS) is 10.1. The molecule has 2 N–H and O–H groups in total. The summed E-state index contributed by atoms with van der Waals surface area (Å²) in [5.41, 5.74) is 1.82. The Bertz CT molecular complexity index is 733. The van der Waals surface area contributed by atoms with Gasteiger partial charge in [-0.15, -0.1) is 0 Å². The van der Waals surface area contributed by atoms with Gasteiger partial charge in [-0.3, -0.25) is 0 Å². The average molecular weight is 367 g/mol. The highest BCUT2D eigenvalue weighted by atomic mass is 35.5. The lowest BCUT2D eigenvalue weighted by Crippen LogP contribution is -2.28. The molecular weight excluding hydrogens is 351 g/mol. The van der Waals surface area contributed by atoms with E-state index in [1.165, 1.54) is 0 Å². The summed E-state index contributed by atoms with van der Waals surface area (Å²) >= 11 is 11.8. The number of anilines is 1. The number of hydrogen-bond acceptors (Lipinski definition) is 3. The molecule has 0 atom stereocenters. The van der Waals surface area contributed by atoms with Crippen molar-refractivity contribution in [3.63, 3.8) is 0 Å². The smallest absolute Gasteiger partial charge is 0.338 e. The van der Waals surface area contributed by atoms with Crippen LogP contribution in [0.1, 0.15) is 22.8 Å². The lowest BCUT2D eigenvalue weighted by molar-refractivity contribution is 0.0526. The van der Waals surface area contributed by atoms with Crippen LogP contribution in [-0.2, 0) is 11.3 Å². The van der Waals surface area contributed by atoms with Crippen LogP contribution in [0, 0.1) is 0 Å². The minimum absolute atomic E-state index is 0.309. The van der Waals surface area contributed by atoms with Gasteiger partial charge in [0.1, 0.15) is 0 Å². The monoisotopic (exact) mass is 366 g/mol. The molecule has 2 aromatic carbocycles. The molecule has 0 aliphatic heterocycles. The first kappa shape index (κ1) is 18.1. The highest BCUT2D eigenvalue weighted by Crippen LogP contribution is 2.22. The zero-order valence-electron chi connectivity index (χ0n) is 12.9. The third-order valence-electron chi connectivity index (χ3n) is 3.09. The third kappa shape index (κ3) is 5.15. The van der Waals surface area contributed by atoms with Crippen molar-refractivity contribution in [2.24, 2.45) is 0 Å². The zero-order chi connectivity index (χ0) is 17.5. The molecule has 0 unspecified atom stereocenters. The molecule has 2 rings (SSSR count). The summed E-state index contributed by atoms with van der Waals surface area (Å²) in [6, 6.07) is 11.2. The number of urea groups is 1. The number of esters is 1. The molecule has 2 aromatic rings. The molecule has 24 heavy (non-hydrogen) atoms. The first-order valence-electron chi connectivity index (χ1n) is 7.25. The predicted molar refractivity (Wildman–Crippen MR) is 94.7 cm³/mol.